The van der Waals surface area contributed by atoms with Crippen LogP contribution >= 0.6 is 23.1 Å². The molecule has 0 radical (unpaired) electrons. The van der Waals surface area contributed by atoms with Crippen molar-refractivity contribution in [3.05, 3.63) is 22.4 Å². The smallest absolute Gasteiger partial charge is 0.238 e. The minimum absolute atomic E-state index is 0.115. The lowest BCUT2D eigenvalue weighted by atomic mass is 10.2. The van der Waals surface area contributed by atoms with Gasteiger partial charge in [0.25, 0.3) is 0 Å². The maximum absolute atomic E-state index is 11.9. The van der Waals surface area contributed by atoms with Gasteiger partial charge in [-0.2, -0.15) is 11.8 Å². The molecule has 0 aliphatic carbocycles. The standard InChI is InChI=1S/C12H16N2OS2/c15-11-7-13-12(10-4-2-6-17-10)14(11)8-9-3-1-5-16-9/h2,4,6,9,12-13H,1,3,5,7-8H2. The van der Waals surface area contributed by atoms with Crippen LogP contribution in [0.1, 0.15) is 23.9 Å². The van der Waals surface area contributed by atoms with E-state index in [1.54, 1.807) is 11.3 Å². The van der Waals surface area contributed by atoms with Crippen LogP contribution in [0.5, 0.6) is 0 Å². The fourth-order valence-electron chi connectivity index (χ4n) is 2.46. The Morgan fingerprint density at radius 1 is 1.53 bits per heavy atom. The van der Waals surface area contributed by atoms with Crippen LogP contribution < -0.4 is 5.32 Å². The summed E-state index contributed by atoms with van der Waals surface area (Å²) in [5.41, 5.74) is 0. The van der Waals surface area contributed by atoms with E-state index in [9.17, 15) is 4.79 Å². The summed E-state index contributed by atoms with van der Waals surface area (Å²) in [7, 11) is 0. The lowest BCUT2D eigenvalue weighted by Gasteiger charge is -2.26. The second-order valence-electron chi connectivity index (χ2n) is 4.48. The Bertz CT molecular complexity index is 387. The third-order valence-electron chi connectivity index (χ3n) is 3.32. The van der Waals surface area contributed by atoms with E-state index in [1.165, 1.54) is 23.5 Å². The summed E-state index contributed by atoms with van der Waals surface area (Å²) in [4.78, 5) is 15.2. The molecule has 92 valence electrons. The van der Waals surface area contributed by atoms with E-state index in [4.69, 9.17) is 0 Å². The molecule has 1 aromatic rings. The molecule has 0 saturated carbocycles. The number of hydrogen-bond donors (Lipinski definition) is 1. The summed E-state index contributed by atoms with van der Waals surface area (Å²) in [6, 6.07) is 4.16. The number of carbonyl (C=O) groups is 1. The molecular weight excluding hydrogens is 252 g/mol. The van der Waals surface area contributed by atoms with Gasteiger partial charge in [0.05, 0.1) is 6.54 Å². The van der Waals surface area contributed by atoms with Crippen LogP contribution in [-0.2, 0) is 4.79 Å². The summed E-state index contributed by atoms with van der Waals surface area (Å²) < 4.78 is 0. The second kappa shape index (κ2) is 5.00. The summed E-state index contributed by atoms with van der Waals surface area (Å²) in [6.45, 7) is 1.39. The van der Waals surface area contributed by atoms with E-state index in [0.717, 1.165) is 6.54 Å². The fraction of sp³-hybridized carbons (Fsp3) is 0.583. The second-order valence-corrected chi connectivity index (χ2v) is 6.87. The minimum Gasteiger partial charge on any atom is -0.320 e. The predicted octanol–water partition coefficient (Wildman–Crippen LogP) is 2.07. The highest BCUT2D eigenvalue weighted by atomic mass is 32.2. The molecular formula is C12H16N2OS2. The molecule has 0 bridgehead atoms. The first-order chi connectivity index (χ1) is 8.34. The first-order valence-electron chi connectivity index (χ1n) is 6.02. The van der Waals surface area contributed by atoms with Crippen molar-refractivity contribution in [3.8, 4) is 0 Å². The number of amides is 1. The van der Waals surface area contributed by atoms with Gasteiger partial charge in [-0.15, -0.1) is 11.3 Å². The predicted molar refractivity (Wildman–Crippen MR) is 72.3 cm³/mol. The molecule has 3 heterocycles. The van der Waals surface area contributed by atoms with Crippen LogP contribution in [0.25, 0.3) is 0 Å². The van der Waals surface area contributed by atoms with E-state index in [0.29, 0.717) is 11.8 Å². The Morgan fingerprint density at radius 2 is 2.47 bits per heavy atom. The molecule has 0 aromatic carbocycles. The zero-order chi connectivity index (χ0) is 11.7. The van der Waals surface area contributed by atoms with E-state index >= 15 is 0 Å². The molecule has 1 aromatic heterocycles. The lowest BCUT2D eigenvalue weighted by molar-refractivity contribution is -0.128. The van der Waals surface area contributed by atoms with Crippen LogP contribution in [0.3, 0.4) is 0 Å². The van der Waals surface area contributed by atoms with Crippen LogP contribution in [-0.4, -0.2) is 34.9 Å². The topological polar surface area (TPSA) is 32.3 Å². The maximum atomic E-state index is 11.9. The Hall–Kier alpha value is -0.520. The van der Waals surface area contributed by atoms with Gasteiger partial charge in [0.2, 0.25) is 5.91 Å². The quantitative estimate of drug-likeness (QED) is 0.911. The van der Waals surface area contributed by atoms with Crippen molar-refractivity contribution < 1.29 is 4.79 Å². The number of rotatable bonds is 3. The molecule has 2 fully saturated rings. The number of thioether (sulfide) groups is 1. The molecule has 1 amide bonds. The molecule has 0 spiro atoms. The van der Waals surface area contributed by atoms with Crippen molar-refractivity contribution in [3.63, 3.8) is 0 Å². The van der Waals surface area contributed by atoms with Crippen molar-refractivity contribution in [1.29, 1.82) is 0 Å². The zero-order valence-corrected chi connectivity index (χ0v) is 11.2. The summed E-state index contributed by atoms with van der Waals surface area (Å²) in [6.07, 6.45) is 2.67. The molecule has 2 saturated heterocycles. The first kappa shape index (κ1) is 11.6. The molecule has 2 aliphatic rings. The molecule has 2 aliphatic heterocycles. The number of carbonyl (C=O) groups excluding carboxylic acids is 1. The van der Waals surface area contributed by atoms with Crippen LogP contribution in [0.2, 0.25) is 0 Å². The SMILES string of the molecule is O=C1CNC(c2cccs2)N1CC1CCCS1. The Morgan fingerprint density at radius 3 is 3.18 bits per heavy atom. The van der Waals surface area contributed by atoms with Crippen molar-refractivity contribution in [1.82, 2.24) is 10.2 Å². The van der Waals surface area contributed by atoms with Gasteiger partial charge in [-0.05, 0) is 30.0 Å². The van der Waals surface area contributed by atoms with E-state index in [1.807, 2.05) is 22.7 Å². The van der Waals surface area contributed by atoms with Crippen LogP contribution in [0.4, 0.5) is 0 Å². The van der Waals surface area contributed by atoms with Crippen molar-refractivity contribution in [2.45, 2.75) is 24.3 Å². The van der Waals surface area contributed by atoms with Gasteiger partial charge in [0, 0.05) is 16.7 Å². The summed E-state index contributed by atoms with van der Waals surface area (Å²) in [5, 5.41) is 6.02. The van der Waals surface area contributed by atoms with Gasteiger partial charge in [0.15, 0.2) is 0 Å². The average molecular weight is 268 g/mol. The number of thiophene rings is 1. The third-order valence-corrected chi connectivity index (χ3v) is 5.62. The van der Waals surface area contributed by atoms with Crippen LogP contribution in [0, 0.1) is 0 Å². The largest absolute Gasteiger partial charge is 0.320 e. The minimum atomic E-state index is 0.115. The monoisotopic (exact) mass is 268 g/mol. The normalized spacial score (nSPS) is 29.2. The zero-order valence-electron chi connectivity index (χ0n) is 9.59. The molecule has 5 heteroatoms. The molecule has 1 N–H and O–H groups in total. The van der Waals surface area contributed by atoms with Gasteiger partial charge >= 0.3 is 0 Å². The van der Waals surface area contributed by atoms with E-state index < -0.39 is 0 Å². The van der Waals surface area contributed by atoms with E-state index in [2.05, 4.69) is 16.8 Å². The van der Waals surface area contributed by atoms with Crippen molar-refractivity contribution >= 4 is 29.0 Å². The summed E-state index contributed by atoms with van der Waals surface area (Å²) in [5.74, 6) is 1.50. The molecule has 2 unspecified atom stereocenters. The number of nitrogens with zero attached hydrogens (tertiary/aromatic N) is 1. The van der Waals surface area contributed by atoms with Gasteiger partial charge < -0.3 is 4.90 Å². The Labute approximate surface area is 110 Å². The highest BCUT2D eigenvalue weighted by Crippen LogP contribution is 2.31. The maximum Gasteiger partial charge on any atom is 0.238 e. The first-order valence-corrected chi connectivity index (χ1v) is 7.95. The van der Waals surface area contributed by atoms with Crippen molar-refractivity contribution in [2.24, 2.45) is 0 Å². The average Bonchev–Trinajstić information content (AvgIpc) is 3.03. The molecule has 3 nitrogen and oxygen atoms in total. The fourth-order valence-corrected chi connectivity index (χ4v) is 4.53. The lowest BCUT2D eigenvalue weighted by Crippen LogP contribution is -2.34. The van der Waals surface area contributed by atoms with Gasteiger partial charge in [-0.1, -0.05) is 6.07 Å². The molecule has 3 rings (SSSR count). The highest BCUT2D eigenvalue weighted by molar-refractivity contribution is 8.00. The molecule has 17 heavy (non-hydrogen) atoms. The Balaban J connectivity index is 1.72. The van der Waals surface area contributed by atoms with Crippen LogP contribution in [0.15, 0.2) is 17.5 Å². The Kier molecular flexibility index (Phi) is 3.40. The van der Waals surface area contributed by atoms with Crippen molar-refractivity contribution in [2.75, 3.05) is 18.8 Å². The van der Waals surface area contributed by atoms with Gasteiger partial charge in [0.1, 0.15) is 6.17 Å². The summed E-state index contributed by atoms with van der Waals surface area (Å²) >= 11 is 3.73. The third kappa shape index (κ3) is 2.37. The number of nitrogens with one attached hydrogen (secondary N) is 1. The molecule has 2 atom stereocenters. The van der Waals surface area contributed by atoms with Gasteiger partial charge in [-0.3, -0.25) is 10.1 Å². The van der Waals surface area contributed by atoms with Gasteiger partial charge in [-0.25, -0.2) is 0 Å². The highest BCUT2D eigenvalue weighted by Gasteiger charge is 2.34. The van der Waals surface area contributed by atoms with E-state index in [-0.39, 0.29) is 12.1 Å². The number of hydrogen-bond acceptors (Lipinski definition) is 4.